The number of halogens is 4. The Bertz CT molecular complexity index is 2960. The Hall–Kier alpha value is -6.28. The highest BCUT2D eigenvalue weighted by atomic mass is 35.5. The molecule has 3 aliphatic carbocycles. The Kier molecular flexibility index (Phi) is 29.2. The molecule has 7 aliphatic rings. The van der Waals surface area contributed by atoms with Gasteiger partial charge in [0.25, 0.3) is 0 Å². The number of likely N-dealkylation sites (tertiary alicyclic amines) is 1. The first-order valence-corrected chi connectivity index (χ1v) is 38.1. The number of hydrogen-bond donors (Lipinski definition) is 3. The van der Waals surface area contributed by atoms with Gasteiger partial charge in [-0.2, -0.15) is 13.2 Å². The first kappa shape index (κ1) is 82.0. The van der Waals surface area contributed by atoms with Crippen LogP contribution in [0.15, 0.2) is 0 Å². The number of piperidine rings is 1. The van der Waals surface area contributed by atoms with E-state index in [2.05, 4.69) is 16.0 Å². The van der Waals surface area contributed by atoms with Crippen molar-refractivity contribution < 1.29 is 70.7 Å². The fraction of sp³-hybridized carbons (Fsp3) is 0.836. The third-order valence-electron chi connectivity index (χ3n) is 23.5. The largest absolute Gasteiger partial charge is 0.393 e. The van der Waals surface area contributed by atoms with Gasteiger partial charge >= 0.3 is 6.18 Å². The molecule has 0 aromatic carbocycles. The van der Waals surface area contributed by atoms with Crippen LogP contribution in [-0.4, -0.2) is 261 Å². The highest BCUT2D eigenvalue weighted by molar-refractivity contribution is 6.21. The maximum Gasteiger partial charge on any atom is 0.393 e. The molecule has 3 N–H and O–H groups in total. The summed E-state index contributed by atoms with van der Waals surface area (Å²) in [5.41, 5.74) is -1.58. The zero-order valence-electron chi connectivity index (χ0n) is 62.4. The summed E-state index contributed by atoms with van der Waals surface area (Å²) in [6.45, 7) is 12.8. The third kappa shape index (κ3) is 19.8. The lowest BCUT2D eigenvalue weighted by molar-refractivity contribution is -0.182. The van der Waals surface area contributed by atoms with Crippen LogP contribution in [0.3, 0.4) is 0 Å². The molecule has 3 saturated carbocycles. The first-order valence-electron chi connectivity index (χ1n) is 37.7. The highest BCUT2D eigenvalue weighted by Gasteiger charge is 2.52. The number of carbonyl (C=O) groups excluding carboxylic acids is 12. The topological polar surface area (TPSA) is 270 Å². The number of rotatable bonds is 11. The second-order valence-electron chi connectivity index (χ2n) is 31.4. The normalized spacial score (nSPS) is 30.9. The molecule has 4 saturated heterocycles. The number of hydrogen-bond acceptors (Lipinski definition) is 12. The fourth-order valence-electron chi connectivity index (χ4n) is 16.7. The van der Waals surface area contributed by atoms with E-state index in [-0.39, 0.29) is 101 Å². The second kappa shape index (κ2) is 35.9. The molecule has 13 atom stereocenters. The van der Waals surface area contributed by atoms with Gasteiger partial charge in [-0.1, -0.05) is 99.3 Å². The monoisotopic (exact) mass is 1450 g/mol. The zero-order valence-corrected chi connectivity index (χ0v) is 63.1. The molecule has 12 amide bonds. The van der Waals surface area contributed by atoms with Crippen LogP contribution < -0.4 is 16.0 Å². The summed E-state index contributed by atoms with van der Waals surface area (Å²) in [6, 6.07) is -10.8. The minimum absolute atomic E-state index is 0.00104. The summed E-state index contributed by atoms with van der Waals surface area (Å²) in [5, 5.41) is 7.67. The van der Waals surface area contributed by atoms with Crippen LogP contribution in [-0.2, 0) is 57.5 Å². The van der Waals surface area contributed by atoms with Crippen molar-refractivity contribution in [1.29, 1.82) is 0 Å². The summed E-state index contributed by atoms with van der Waals surface area (Å²) >= 11 is 6.42. The first-order chi connectivity index (χ1) is 47.5. The summed E-state index contributed by atoms with van der Waals surface area (Å²) in [6.07, 6.45) is 5.31. The maximum absolute atomic E-state index is 15.6. The van der Waals surface area contributed by atoms with E-state index in [0.717, 1.165) is 44.9 Å². The molecular weight excluding hydrogens is 1330 g/mol. The van der Waals surface area contributed by atoms with Crippen molar-refractivity contribution in [2.75, 3.05) is 75.0 Å². The zero-order chi connectivity index (χ0) is 74.7. The molecule has 0 bridgehead atoms. The van der Waals surface area contributed by atoms with Crippen LogP contribution in [0.4, 0.5) is 13.2 Å². The number of likely N-dealkylation sites (N-methyl/N-ethyl adjacent to an activating group) is 6. The van der Waals surface area contributed by atoms with Crippen molar-refractivity contribution in [2.45, 2.75) is 280 Å². The molecule has 24 nitrogen and oxygen atoms in total. The van der Waals surface area contributed by atoms with Crippen LogP contribution in [0.5, 0.6) is 0 Å². The molecule has 7 rings (SSSR count). The van der Waals surface area contributed by atoms with E-state index in [1.54, 1.807) is 25.7 Å². The predicted octanol–water partition coefficient (Wildman–Crippen LogP) is 6.48. The molecule has 3 unspecified atom stereocenters. The van der Waals surface area contributed by atoms with Crippen LogP contribution in [0.2, 0.25) is 0 Å². The summed E-state index contributed by atoms with van der Waals surface area (Å²) in [7, 11) is 8.70. The van der Waals surface area contributed by atoms with Crippen LogP contribution >= 0.6 is 11.6 Å². The van der Waals surface area contributed by atoms with Crippen molar-refractivity contribution in [1.82, 2.24) is 60.0 Å². The molecule has 1 spiro atoms. The molecule has 0 radical (unpaired) electrons. The molecule has 4 aliphatic heterocycles. The van der Waals surface area contributed by atoms with E-state index in [9.17, 15) is 41.9 Å². The number of amides is 12. The summed E-state index contributed by atoms with van der Waals surface area (Å²) < 4.78 is 42.1. The van der Waals surface area contributed by atoms with Crippen molar-refractivity contribution in [3.8, 4) is 0 Å². The number of nitrogens with one attached hydrogen (secondary N) is 3. The minimum atomic E-state index is -4.51. The van der Waals surface area contributed by atoms with Gasteiger partial charge in [0.05, 0.1) is 18.9 Å². The maximum atomic E-state index is 15.6. The van der Waals surface area contributed by atoms with Gasteiger partial charge in [0.15, 0.2) is 0 Å². The molecule has 0 aromatic heterocycles. The van der Waals surface area contributed by atoms with Crippen LogP contribution in [0, 0.1) is 35.5 Å². The lowest BCUT2D eigenvalue weighted by atomic mass is 9.78. The highest BCUT2D eigenvalue weighted by Crippen LogP contribution is 2.44. The van der Waals surface area contributed by atoms with Crippen molar-refractivity contribution in [2.24, 2.45) is 35.5 Å². The number of nitrogens with zero attached hydrogens (tertiary/aromatic N) is 9. The van der Waals surface area contributed by atoms with Gasteiger partial charge in [0.1, 0.15) is 59.9 Å². The average Bonchev–Trinajstić information content (AvgIpc) is 1.77. The Morgan fingerprint density at radius 3 is 1.80 bits per heavy atom. The van der Waals surface area contributed by atoms with Gasteiger partial charge < -0.3 is 60.0 Å². The van der Waals surface area contributed by atoms with Gasteiger partial charge in [-0.05, 0) is 133 Å². The third-order valence-corrected chi connectivity index (χ3v) is 24.0. The van der Waals surface area contributed by atoms with E-state index in [1.165, 1.54) is 88.4 Å². The average molecular weight is 1450 g/mol. The van der Waals surface area contributed by atoms with E-state index in [1.807, 2.05) is 20.8 Å². The van der Waals surface area contributed by atoms with Gasteiger partial charge in [-0.25, -0.2) is 0 Å². The van der Waals surface area contributed by atoms with Crippen molar-refractivity contribution in [3.63, 3.8) is 0 Å². The Balaban J connectivity index is 1.28. The fourth-order valence-corrected chi connectivity index (χ4v) is 17.2. The lowest BCUT2D eigenvalue weighted by Gasteiger charge is -2.45. The van der Waals surface area contributed by atoms with Crippen molar-refractivity contribution >= 4 is 82.5 Å². The van der Waals surface area contributed by atoms with Gasteiger partial charge in [0, 0.05) is 73.8 Å². The Morgan fingerprint density at radius 2 is 1.22 bits per heavy atom. The van der Waals surface area contributed by atoms with Gasteiger partial charge in [-0.3, -0.25) is 57.5 Å². The SMILES string of the molecule is CC[C@H](C)[C@@H]1NC(=O)[C@H](CC(C)C)N(C)C(=O)C[C@@H](C(=O)N2CCCCC2)N(C)C(=O)[C@H](C(C)C)N(C)C(=O)C2(CCCCC2)NC(=O)[C@@H]2CCCN2C(=O)[C@H](CCC2CCC(C(F)(F)F)C(Cl)C2)NC(=O)CN(C)C(=O)[C@H](CC2CCCCC2)N(C)C(=O)[C@@H]2CCN2C(=O)[C@H](C)N(C)C1=O. The Labute approximate surface area is 601 Å². The molecule has 0 aromatic rings. The van der Waals surface area contributed by atoms with E-state index < -0.39 is 173 Å². The quantitative estimate of drug-likeness (QED) is 0.188. The van der Waals surface area contributed by atoms with Gasteiger partial charge in [-0.15, -0.1) is 11.6 Å². The molecule has 28 heteroatoms. The van der Waals surface area contributed by atoms with Crippen molar-refractivity contribution in [3.05, 3.63) is 0 Å². The summed E-state index contributed by atoms with van der Waals surface area (Å²) in [4.78, 5) is 193. The molecule has 7 fully saturated rings. The molecular formula is C73H118ClF3N12O12. The van der Waals surface area contributed by atoms with Gasteiger partial charge in [0.2, 0.25) is 70.9 Å². The lowest BCUT2D eigenvalue weighted by Crippen LogP contribution is -2.66. The molecule has 4 heterocycles. The van der Waals surface area contributed by atoms with E-state index in [0.29, 0.717) is 51.6 Å². The number of fused-ring (bicyclic) bond motifs is 2. The summed E-state index contributed by atoms with van der Waals surface area (Å²) in [5.74, 6) is -10.7. The number of alkyl halides is 4. The molecule has 570 valence electrons. The standard InChI is InChI=1S/C73H118ClF3N12O12/c1-14-46(6)60-69(99)82(9)47(7)64(94)89-38-32-54(89)67(97)84(11)56(41-48-25-18-15-19-26-48)66(96)81(8)43-58(90)78-52(31-29-49-28-30-50(51(74)40-49)73(75,76)77)65(95)88-37-24-27-53(88)63(93)80-72(33-20-16-21-34-72)71(101)86(13)61(45(4)5)70(100)85(12)57(68(98)87-35-22-17-23-36-87)42-59(91)83(10)55(39-44(2)3)62(92)79-60/h44-57,60-61H,14-43H2,1-13H3,(H,78,90)(H,79,92)(H,80,93)/t46-,47-,49?,50?,51?,52-,53-,54-,55-,56-,57-,60-,61-/m0/s1. The van der Waals surface area contributed by atoms with Crippen LogP contribution in [0.25, 0.3) is 0 Å². The smallest absolute Gasteiger partial charge is 0.343 e. The second-order valence-corrected chi connectivity index (χ2v) is 32.0. The van der Waals surface area contributed by atoms with E-state index in [4.69, 9.17) is 11.6 Å². The van der Waals surface area contributed by atoms with E-state index >= 15 is 28.8 Å². The predicted molar refractivity (Wildman–Crippen MR) is 375 cm³/mol. The Morgan fingerprint density at radius 1 is 0.594 bits per heavy atom. The number of carbonyl (C=O) groups is 12. The van der Waals surface area contributed by atoms with Crippen LogP contribution in [0.1, 0.15) is 209 Å². The molecule has 101 heavy (non-hydrogen) atoms. The minimum Gasteiger partial charge on any atom is -0.343 e.